The standard InChI is InChI=1S/C15H10Cl2N4O/c16-13-2-1-3-14(17)12(13)6-10(7-18)15-11(8-19)9-21(20-15)4-5-22/h1-3,6,9,22H,4-5H2/b10-6-. The molecule has 0 saturated heterocycles. The molecule has 0 unspecified atom stereocenters. The molecule has 1 heterocycles. The Kier molecular flexibility index (Phi) is 5.19. The number of benzene rings is 1. The van der Waals surface area contributed by atoms with E-state index in [1.807, 2.05) is 12.1 Å². The van der Waals surface area contributed by atoms with Crippen molar-refractivity contribution in [3.8, 4) is 12.1 Å². The van der Waals surface area contributed by atoms with Crippen molar-refractivity contribution in [2.45, 2.75) is 6.54 Å². The summed E-state index contributed by atoms with van der Waals surface area (Å²) in [7, 11) is 0. The van der Waals surface area contributed by atoms with Crippen molar-refractivity contribution < 1.29 is 5.11 Å². The van der Waals surface area contributed by atoms with Gasteiger partial charge >= 0.3 is 0 Å². The number of aliphatic hydroxyl groups excluding tert-OH is 1. The fourth-order valence-corrected chi connectivity index (χ4v) is 2.37. The lowest BCUT2D eigenvalue weighted by Crippen LogP contribution is -2.02. The Labute approximate surface area is 137 Å². The highest BCUT2D eigenvalue weighted by atomic mass is 35.5. The summed E-state index contributed by atoms with van der Waals surface area (Å²) in [4.78, 5) is 0. The molecule has 1 aromatic heterocycles. The largest absolute Gasteiger partial charge is 0.394 e. The van der Waals surface area contributed by atoms with Gasteiger partial charge in [0.05, 0.1) is 24.3 Å². The van der Waals surface area contributed by atoms with Gasteiger partial charge in [-0.1, -0.05) is 29.3 Å². The van der Waals surface area contributed by atoms with E-state index in [1.54, 1.807) is 18.2 Å². The van der Waals surface area contributed by atoms with Gasteiger partial charge in [0.2, 0.25) is 0 Å². The zero-order chi connectivity index (χ0) is 16.1. The molecule has 5 nitrogen and oxygen atoms in total. The van der Waals surface area contributed by atoms with Gasteiger partial charge in [-0.3, -0.25) is 4.68 Å². The Morgan fingerprint density at radius 1 is 1.32 bits per heavy atom. The second-order valence-corrected chi connectivity index (χ2v) is 5.11. The van der Waals surface area contributed by atoms with Crippen LogP contribution in [0, 0.1) is 22.7 Å². The van der Waals surface area contributed by atoms with Crippen molar-refractivity contribution >= 4 is 34.9 Å². The molecule has 0 saturated carbocycles. The van der Waals surface area contributed by atoms with Crippen LogP contribution in [0.3, 0.4) is 0 Å². The van der Waals surface area contributed by atoms with Gasteiger partial charge in [-0.2, -0.15) is 15.6 Å². The van der Waals surface area contributed by atoms with Crippen LogP contribution in [0.25, 0.3) is 11.6 Å². The Balaban J connectivity index is 2.56. The predicted octanol–water partition coefficient (Wildman–Crippen LogP) is 3.12. The third kappa shape index (κ3) is 3.29. The average Bonchev–Trinajstić information content (AvgIpc) is 2.90. The number of aromatic nitrogens is 2. The van der Waals surface area contributed by atoms with Crippen LogP contribution in [0.5, 0.6) is 0 Å². The summed E-state index contributed by atoms with van der Waals surface area (Å²) in [6.07, 6.45) is 2.97. The molecule has 0 aliphatic heterocycles. The summed E-state index contributed by atoms with van der Waals surface area (Å²) in [5.74, 6) is 0. The van der Waals surface area contributed by atoms with E-state index >= 15 is 0 Å². The first-order valence-corrected chi connectivity index (χ1v) is 7.01. The molecular formula is C15H10Cl2N4O. The van der Waals surface area contributed by atoms with Crippen LogP contribution in [-0.4, -0.2) is 21.5 Å². The number of allylic oxidation sites excluding steroid dienone is 1. The first-order chi connectivity index (χ1) is 10.6. The molecule has 0 atom stereocenters. The Morgan fingerprint density at radius 2 is 2.00 bits per heavy atom. The van der Waals surface area contributed by atoms with Crippen LogP contribution in [0.4, 0.5) is 0 Å². The van der Waals surface area contributed by atoms with Crippen molar-refractivity contribution in [1.29, 1.82) is 10.5 Å². The lowest BCUT2D eigenvalue weighted by molar-refractivity contribution is 0.269. The minimum atomic E-state index is -0.117. The predicted molar refractivity (Wildman–Crippen MR) is 84.0 cm³/mol. The van der Waals surface area contributed by atoms with Crippen molar-refractivity contribution in [2.75, 3.05) is 6.61 Å². The highest BCUT2D eigenvalue weighted by molar-refractivity contribution is 6.37. The Bertz CT molecular complexity index is 792. The SMILES string of the molecule is N#C/C(=C/c1c(Cl)cccc1Cl)c1nn(CCO)cc1C#N. The zero-order valence-electron chi connectivity index (χ0n) is 11.3. The maximum absolute atomic E-state index is 9.37. The fraction of sp³-hybridized carbons (Fsp3) is 0.133. The lowest BCUT2D eigenvalue weighted by atomic mass is 10.1. The Hall–Kier alpha value is -2.31. The summed E-state index contributed by atoms with van der Waals surface area (Å²) in [6.45, 7) is 0.119. The second kappa shape index (κ2) is 7.11. The van der Waals surface area contributed by atoms with Crippen molar-refractivity contribution in [3.63, 3.8) is 0 Å². The van der Waals surface area contributed by atoms with Gasteiger partial charge in [0.1, 0.15) is 17.8 Å². The van der Waals surface area contributed by atoms with Crippen molar-refractivity contribution in [2.24, 2.45) is 0 Å². The molecule has 2 rings (SSSR count). The summed E-state index contributed by atoms with van der Waals surface area (Å²) < 4.78 is 1.41. The van der Waals surface area contributed by atoms with E-state index in [2.05, 4.69) is 5.10 Å². The van der Waals surface area contributed by atoms with Crippen LogP contribution in [0.15, 0.2) is 24.4 Å². The molecule has 1 aromatic carbocycles. The monoisotopic (exact) mass is 332 g/mol. The van der Waals surface area contributed by atoms with E-state index in [0.717, 1.165) is 0 Å². The first-order valence-electron chi connectivity index (χ1n) is 6.25. The van der Waals surface area contributed by atoms with Gasteiger partial charge in [-0.15, -0.1) is 0 Å². The summed E-state index contributed by atoms with van der Waals surface area (Å²) in [6, 6.07) is 9.00. The second-order valence-electron chi connectivity index (χ2n) is 4.30. The number of halogens is 2. The number of nitrogens with zero attached hydrogens (tertiary/aromatic N) is 4. The molecule has 0 spiro atoms. The quantitative estimate of drug-likeness (QED) is 0.871. The van der Waals surface area contributed by atoms with Crippen LogP contribution in [0.1, 0.15) is 16.8 Å². The molecule has 0 fully saturated rings. The topological polar surface area (TPSA) is 85.6 Å². The Morgan fingerprint density at radius 3 is 2.55 bits per heavy atom. The van der Waals surface area contributed by atoms with Gasteiger partial charge in [0.25, 0.3) is 0 Å². The third-order valence-corrected chi connectivity index (χ3v) is 3.53. The zero-order valence-corrected chi connectivity index (χ0v) is 12.8. The number of hydrogen-bond donors (Lipinski definition) is 1. The summed E-state index contributed by atoms with van der Waals surface area (Å²) >= 11 is 12.2. The maximum Gasteiger partial charge on any atom is 0.121 e. The molecule has 0 amide bonds. The molecule has 22 heavy (non-hydrogen) atoms. The highest BCUT2D eigenvalue weighted by Gasteiger charge is 2.15. The van der Waals surface area contributed by atoms with Crippen molar-refractivity contribution in [1.82, 2.24) is 9.78 Å². The van der Waals surface area contributed by atoms with E-state index in [0.29, 0.717) is 15.6 Å². The lowest BCUT2D eigenvalue weighted by Gasteiger charge is -2.02. The number of rotatable bonds is 4. The van der Waals surface area contributed by atoms with Gasteiger partial charge in [-0.05, 0) is 18.2 Å². The van der Waals surface area contributed by atoms with Crippen LogP contribution in [-0.2, 0) is 6.54 Å². The molecule has 0 aliphatic carbocycles. The normalized spacial score (nSPS) is 11.0. The van der Waals surface area contributed by atoms with Gasteiger partial charge < -0.3 is 5.11 Å². The van der Waals surface area contributed by atoms with E-state index in [-0.39, 0.29) is 30.0 Å². The van der Waals surface area contributed by atoms with E-state index in [1.165, 1.54) is 17.0 Å². The summed E-state index contributed by atoms with van der Waals surface area (Å²) in [5.41, 5.74) is 1.13. The highest BCUT2D eigenvalue weighted by Crippen LogP contribution is 2.29. The van der Waals surface area contributed by atoms with Crippen LogP contribution in [0.2, 0.25) is 10.0 Å². The van der Waals surface area contributed by atoms with Gasteiger partial charge in [0.15, 0.2) is 0 Å². The molecule has 0 aliphatic rings. The van der Waals surface area contributed by atoms with E-state index in [9.17, 15) is 5.26 Å². The maximum atomic E-state index is 9.37. The first kappa shape index (κ1) is 16.1. The van der Waals surface area contributed by atoms with Gasteiger partial charge in [0, 0.05) is 21.8 Å². The molecule has 0 radical (unpaired) electrons. The molecular weight excluding hydrogens is 323 g/mol. The smallest absolute Gasteiger partial charge is 0.121 e. The molecule has 1 N–H and O–H groups in total. The van der Waals surface area contributed by atoms with Crippen LogP contribution < -0.4 is 0 Å². The van der Waals surface area contributed by atoms with Crippen LogP contribution >= 0.6 is 23.2 Å². The third-order valence-electron chi connectivity index (χ3n) is 2.88. The fourth-order valence-electron chi connectivity index (χ4n) is 1.87. The molecule has 0 bridgehead atoms. The summed E-state index contributed by atoms with van der Waals surface area (Å²) in [5, 5.41) is 32.4. The number of hydrogen-bond acceptors (Lipinski definition) is 4. The van der Waals surface area contributed by atoms with E-state index < -0.39 is 0 Å². The average molecular weight is 333 g/mol. The van der Waals surface area contributed by atoms with Gasteiger partial charge in [-0.25, -0.2) is 0 Å². The van der Waals surface area contributed by atoms with Crippen molar-refractivity contribution in [3.05, 3.63) is 51.3 Å². The molecule has 2 aromatic rings. The minimum absolute atomic E-state index is 0.117. The van der Waals surface area contributed by atoms with E-state index in [4.69, 9.17) is 33.6 Å². The minimum Gasteiger partial charge on any atom is -0.394 e. The number of nitriles is 2. The molecule has 7 heteroatoms. The molecule has 110 valence electrons. The number of aliphatic hydroxyl groups is 1.